The number of rotatable bonds is 8. The number of hydrogen-bond acceptors (Lipinski definition) is 4. The van der Waals surface area contributed by atoms with E-state index in [-0.39, 0.29) is 11.9 Å². The molecular formula is C15H22N2O3. The van der Waals surface area contributed by atoms with Crippen LogP contribution in [0.3, 0.4) is 0 Å². The highest BCUT2D eigenvalue weighted by Crippen LogP contribution is 2.10. The maximum absolute atomic E-state index is 11.7. The van der Waals surface area contributed by atoms with E-state index >= 15 is 0 Å². The standard InChI is InChI=1S/C15H22N2O3/c1-12-9-13(11-16-10-12)17-14(18)7-5-3-4-6-8-15(19)20-2/h9-11H,3-8H2,1-2H3,(H,17,18). The SMILES string of the molecule is COC(=O)CCCCCCC(=O)Nc1cncc(C)c1. The van der Waals surface area contributed by atoms with Crippen molar-refractivity contribution in [3.63, 3.8) is 0 Å². The van der Waals surface area contributed by atoms with Crippen LogP contribution in [0.15, 0.2) is 18.5 Å². The number of amides is 1. The van der Waals surface area contributed by atoms with Crippen molar-refractivity contribution in [1.82, 2.24) is 4.98 Å². The number of carbonyl (C=O) groups excluding carboxylic acids is 2. The second-order valence-corrected chi connectivity index (χ2v) is 4.79. The van der Waals surface area contributed by atoms with Crippen LogP contribution in [0.2, 0.25) is 0 Å². The number of methoxy groups -OCH3 is 1. The lowest BCUT2D eigenvalue weighted by Gasteiger charge is -2.05. The molecule has 0 spiro atoms. The van der Waals surface area contributed by atoms with Crippen LogP contribution < -0.4 is 5.32 Å². The molecule has 0 radical (unpaired) electrons. The van der Waals surface area contributed by atoms with Crippen molar-refractivity contribution in [2.24, 2.45) is 0 Å². The maximum atomic E-state index is 11.7. The van der Waals surface area contributed by atoms with Gasteiger partial charge in [0.25, 0.3) is 0 Å². The summed E-state index contributed by atoms with van der Waals surface area (Å²) in [4.78, 5) is 26.6. The topological polar surface area (TPSA) is 68.3 Å². The first-order valence-corrected chi connectivity index (χ1v) is 6.90. The Morgan fingerprint density at radius 3 is 2.50 bits per heavy atom. The number of nitrogens with zero attached hydrogens (tertiary/aromatic N) is 1. The van der Waals surface area contributed by atoms with Crippen molar-refractivity contribution in [1.29, 1.82) is 0 Å². The monoisotopic (exact) mass is 278 g/mol. The fourth-order valence-electron chi connectivity index (χ4n) is 1.86. The molecule has 110 valence electrons. The number of aryl methyl sites for hydroxylation is 1. The number of ether oxygens (including phenoxy) is 1. The summed E-state index contributed by atoms with van der Waals surface area (Å²) in [5, 5.41) is 2.83. The zero-order valence-corrected chi connectivity index (χ0v) is 12.1. The molecule has 20 heavy (non-hydrogen) atoms. The van der Waals surface area contributed by atoms with Crippen LogP contribution in [0.4, 0.5) is 5.69 Å². The third-order valence-corrected chi connectivity index (χ3v) is 2.92. The van der Waals surface area contributed by atoms with Crippen LogP contribution in [-0.2, 0) is 14.3 Å². The molecule has 1 amide bonds. The Bertz CT molecular complexity index is 446. The molecule has 5 nitrogen and oxygen atoms in total. The molecule has 0 saturated carbocycles. The van der Waals surface area contributed by atoms with Crippen LogP contribution in [0.5, 0.6) is 0 Å². The van der Waals surface area contributed by atoms with Crippen LogP contribution in [-0.4, -0.2) is 24.0 Å². The predicted octanol–water partition coefficient (Wildman–Crippen LogP) is 2.84. The highest BCUT2D eigenvalue weighted by atomic mass is 16.5. The second-order valence-electron chi connectivity index (χ2n) is 4.79. The number of nitrogens with one attached hydrogen (secondary N) is 1. The molecule has 0 aliphatic rings. The van der Waals surface area contributed by atoms with Crippen molar-refractivity contribution in [2.45, 2.75) is 45.4 Å². The van der Waals surface area contributed by atoms with E-state index in [1.54, 1.807) is 12.4 Å². The lowest BCUT2D eigenvalue weighted by atomic mass is 10.1. The van der Waals surface area contributed by atoms with Gasteiger partial charge < -0.3 is 10.1 Å². The van der Waals surface area contributed by atoms with E-state index in [0.717, 1.165) is 36.9 Å². The minimum absolute atomic E-state index is 0.00497. The molecule has 5 heteroatoms. The molecule has 0 aliphatic carbocycles. The van der Waals surface area contributed by atoms with E-state index in [2.05, 4.69) is 15.0 Å². The second kappa shape index (κ2) is 9.07. The minimum atomic E-state index is -0.172. The summed E-state index contributed by atoms with van der Waals surface area (Å²) in [7, 11) is 1.40. The first kappa shape index (κ1) is 16.1. The largest absolute Gasteiger partial charge is 0.469 e. The predicted molar refractivity (Wildman–Crippen MR) is 77.3 cm³/mol. The van der Waals surface area contributed by atoms with Crippen molar-refractivity contribution in [3.05, 3.63) is 24.0 Å². The Balaban J connectivity index is 2.10. The van der Waals surface area contributed by atoms with E-state index in [1.165, 1.54) is 7.11 Å². The summed E-state index contributed by atoms with van der Waals surface area (Å²) >= 11 is 0. The van der Waals surface area contributed by atoms with Crippen LogP contribution in [0.25, 0.3) is 0 Å². The number of hydrogen-bond donors (Lipinski definition) is 1. The van der Waals surface area contributed by atoms with Crippen LogP contribution >= 0.6 is 0 Å². The number of carbonyl (C=O) groups is 2. The van der Waals surface area contributed by atoms with Gasteiger partial charge in [-0.15, -0.1) is 0 Å². The number of aromatic nitrogens is 1. The van der Waals surface area contributed by atoms with Gasteiger partial charge in [-0.05, 0) is 31.4 Å². The third kappa shape index (κ3) is 6.87. The van der Waals surface area contributed by atoms with E-state index < -0.39 is 0 Å². The molecule has 1 heterocycles. The van der Waals surface area contributed by atoms with Gasteiger partial charge in [0.2, 0.25) is 5.91 Å². The lowest BCUT2D eigenvalue weighted by molar-refractivity contribution is -0.140. The molecule has 0 fully saturated rings. The summed E-state index contributed by atoms with van der Waals surface area (Å²) in [6.45, 7) is 1.93. The van der Waals surface area contributed by atoms with Crippen LogP contribution in [0, 0.1) is 6.92 Å². The quantitative estimate of drug-likeness (QED) is 0.586. The Morgan fingerprint density at radius 2 is 1.85 bits per heavy atom. The molecule has 0 aromatic carbocycles. The zero-order valence-electron chi connectivity index (χ0n) is 12.1. The highest BCUT2D eigenvalue weighted by molar-refractivity contribution is 5.90. The summed E-state index contributed by atoms with van der Waals surface area (Å²) in [5.41, 5.74) is 1.76. The molecule has 0 unspecified atom stereocenters. The molecule has 0 aliphatic heterocycles. The number of esters is 1. The Morgan fingerprint density at radius 1 is 1.15 bits per heavy atom. The first-order chi connectivity index (χ1) is 9.61. The minimum Gasteiger partial charge on any atom is -0.469 e. The van der Waals surface area contributed by atoms with Gasteiger partial charge in [-0.25, -0.2) is 0 Å². The van der Waals surface area contributed by atoms with Crippen molar-refractivity contribution in [2.75, 3.05) is 12.4 Å². The summed E-state index contributed by atoms with van der Waals surface area (Å²) in [6.07, 6.45) is 7.86. The molecule has 1 rings (SSSR count). The molecule has 0 bridgehead atoms. The molecule has 1 aromatic rings. The fourth-order valence-corrected chi connectivity index (χ4v) is 1.86. The Hall–Kier alpha value is -1.91. The van der Waals surface area contributed by atoms with Gasteiger partial charge >= 0.3 is 5.97 Å². The molecule has 1 aromatic heterocycles. The van der Waals surface area contributed by atoms with Gasteiger partial charge in [0.1, 0.15) is 0 Å². The molecule has 0 atom stereocenters. The number of pyridine rings is 1. The van der Waals surface area contributed by atoms with E-state index in [9.17, 15) is 9.59 Å². The van der Waals surface area contributed by atoms with Crippen molar-refractivity contribution in [3.8, 4) is 0 Å². The van der Waals surface area contributed by atoms with Gasteiger partial charge in [-0.1, -0.05) is 12.8 Å². The number of unbranched alkanes of at least 4 members (excludes halogenated alkanes) is 3. The molecule has 1 N–H and O–H groups in total. The van der Waals surface area contributed by atoms with Gasteiger partial charge in [-0.3, -0.25) is 14.6 Å². The van der Waals surface area contributed by atoms with Gasteiger partial charge in [0.15, 0.2) is 0 Å². The van der Waals surface area contributed by atoms with Gasteiger partial charge in [0, 0.05) is 19.0 Å². The maximum Gasteiger partial charge on any atom is 0.305 e. The average Bonchev–Trinajstić information content (AvgIpc) is 2.42. The van der Waals surface area contributed by atoms with Gasteiger partial charge in [-0.2, -0.15) is 0 Å². The lowest BCUT2D eigenvalue weighted by Crippen LogP contribution is -2.11. The van der Waals surface area contributed by atoms with Crippen molar-refractivity contribution >= 4 is 17.6 Å². The normalized spacial score (nSPS) is 10.1. The fraction of sp³-hybridized carbons (Fsp3) is 0.533. The Kier molecular flexibility index (Phi) is 7.32. The summed E-state index contributed by atoms with van der Waals surface area (Å²) in [6, 6.07) is 1.89. The molecular weight excluding hydrogens is 256 g/mol. The van der Waals surface area contributed by atoms with E-state index in [4.69, 9.17) is 0 Å². The number of anilines is 1. The van der Waals surface area contributed by atoms with Crippen molar-refractivity contribution < 1.29 is 14.3 Å². The van der Waals surface area contributed by atoms with Crippen LogP contribution in [0.1, 0.15) is 44.1 Å². The van der Waals surface area contributed by atoms with E-state index in [1.807, 2.05) is 13.0 Å². The van der Waals surface area contributed by atoms with Gasteiger partial charge in [0.05, 0.1) is 19.0 Å². The summed E-state index contributed by atoms with van der Waals surface area (Å²) in [5.74, 6) is -0.167. The first-order valence-electron chi connectivity index (χ1n) is 6.90. The zero-order chi connectivity index (χ0) is 14.8. The summed E-state index contributed by atoms with van der Waals surface area (Å²) < 4.78 is 4.56. The smallest absolute Gasteiger partial charge is 0.305 e. The average molecular weight is 278 g/mol. The van der Waals surface area contributed by atoms with E-state index in [0.29, 0.717) is 12.8 Å². The highest BCUT2D eigenvalue weighted by Gasteiger charge is 2.03. The Labute approximate surface area is 119 Å². The molecule has 0 saturated heterocycles. The third-order valence-electron chi connectivity index (χ3n) is 2.92.